The summed E-state index contributed by atoms with van der Waals surface area (Å²) in [5, 5.41) is 0. The van der Waals surface area contributed by atoms with Gasteiger partial charge in [0.25, 0.3) is 0 Å². The summed E-state index contributed by atoms with van der Waals surface area (Å²) in [5.74, 6) is 0. The lowest BCUT2D eigenvalue weighted by molar-refractivity contribution is 0.529. The van der Waals surface area contributed by atoms with Gasteiger partial charge in [0.2, 0.25) is 0 Å². The van der Waals surface area contributed by atoms with Crippen molar-refractivity contribution in [2.45, 2.75) is 6.92 Å². The van der Waals surface area contributed by atoms with Gasteiger partial charge < -0.3 is 4.90 Å². The molecule has 1 aliphatic heterocycles. The minimum Gasteiger partial charge on any atom is -0.341 e. The first-order valence-electron chi connectivity index (χ1n) is 5.43. The van der Waals surface area contributed by atoms with Crippen LogP contribution in [0.4, 0.5) is 0 Å². The van der Waals surface area contributed by atoms with Crippen LogP contribution in [0, 0.1) is 0 Å². The second-order valence-corrected chi connectivity index (χ2v) is 5.84. The third-order valence-electron chi connectivity index (χ3n) is 2.74. The highest BCUT2D eigenvalue weighted by atomic mass is 127. The SMILES string of the molecule is C=C1C(I)=CC=C(c2ccc(Br)cc2)N1CC. The van der Waals surface area contributed by atoms with Crippen LogP contribution in [0.15, 0.2) is 56.7 Å². The van der Waals surface area contributed by atoms with Gasteiger partial charge in [-0.15, -0.1) is 0 Å². The molecule has 0 bridgehead atoms. The van der Waals surface area contributed by atoms with Gasteiger partial charge in [0.05, 0.1) is 0 Å². The van der Waals surface area contributed by atoms with Crippen LogP contribution in [0.2, 0.25) is 0 Å². The highest BCUT2D eigenvalue weighted by molar-refractivity contribution is 14.1. The maximum atomic E-state index is 4.14. The third kappa shape index (κ3) is 2.65. The normalized spacial score (nSPS) is 15.7. The molecule has 1 aromatic carbocycles. The van der Waals surface area contributed by atoms with Crippen LogP contribution in [-0.4, -0.2) is 11.4 Å². The first-order valence-corrected chi connectivity index (χ1v) is 7.31. The summed E-state index contributed by atoms with van der Waals surface area (Å²) in [4.78, 5) is 2.24. The number of allylic oxidation sites excluding steroid dienone is 3. The average molecular weight is 402 g/mol. The van der Waals surface area contributed by atoms with E-state index in [0.717, 1.165) is 16.7 Å². The molecule has 0 fully saturated rings. The molecule has 0 saturated carbocycles. The third-order valence-corrected chi connectivity index (χ3v) is 4.25. The Kier molecular flexibility index (Phi) is 4.09. The van der Waals surface area contributed by atoms with Crippen LogP contribution in [0.1, 0.15) is 12.5 Å². The molecule has 0 atom stereocenters. The summed E-state index contributed by atoms with van der Waals surface area (Å²) in [7, 11) is 0. The number of benzene rings is 1. The van der Waals surface area contributed by atoms with Crippen LogP contribution < -0.4 is 0 Å². The van der Waals surface area contributed by atoms with Crippen molar-refractivity contribution >= 4 is 44.2 Å². The van der Waals surface area contributed by atoms with E-state index in [2.05, 4.69) is 93.3 Å². The Labute approximate surface area is 124 Å². The summed E-state index contributed by atoms with van der Waals surface area (Å²) in [6, 6.07) is 8.38. The van der Waals surface area contributed by atoms with Crippen LogP contribution in [-0.2, 0) is 0 Å². The predicted octanol–water partition coefficient (Wildman–Crippen LogP) is 4.96. The number of halogens is 2. The highest BCUT2D eigenvalue weighted by Crippen LogP contribution is 2.33. The zero-order valence-electron chi connectivity index (χ0n) is 9.58. The zero-order valence-corrected chi connectivity index (χ0v) is 13.3. The zero-order chi connectivity index (χ0) is 12.4. The van der Waals surface area contributed by atoms with Crippen LogP contribution in [0.25, 0.3) is 5.70 Å². The Morgan fingerprint density at radius 2 is 1.88 bits per heavy atom. The molecule has 0 aromatic heterocycles. The van der Waals surface area contributed by atoms with Crippen molar-refractivity contribution in [2.24, 2.45) is 0 Å². The Morgan fingerprint density at radius 1 is 1.24 bits per heavy atom. The summed E-state index contributed by atoms with van der Waals surface area (Å²) in [6.45, 7) is 7.22. The molecule has 1 heterocycles. The summed E-state index contributed by atoms with van der Waals surface area (Å²) >= 11 is 5.78. The van der Waals surface area contributed by atoms with Crippen molar-refractivity contribution < 1.29 is 0 Å². The topological polar surface area (TPSA) is 3.24 Å². The fourth-order valence-electron chi connectivity index (χ4n) is 1.85. The van der Waals surface area contributed by atoms with Gasteiger partial charge in [-0.05, 0) is 59.4 Å². The lowest BCUT2D eigenvalue weighted by Crippen LogP contribution is -2.22. The van der Waals surface area contributed by atoms with Gasteiger partial charge >= 0.3 is 0 Å². The highest BCUT2D eigenvalue weighted by Gasteiger charge is 2.17. The largest absolute Gasteiger partial charge is 0.341 e. The number of rotatable bonds is 2. The Hall–Kier alpha value is -0.550. The monoisotopic (exact) mass is 401 g/mol. The van der Waals surface area contributed by atoms with Gasteiger partial charge in [-0.25, -0.2) is 0 Å². The van der Waals surface area contributed by atoms with Gasteiger partial charge in [-0.3, -0.25) is 0 Å². The lowest BCUT2D eigenvalue weighted by Gasteiger charge is -2.30. The van der Waals surface area contributed by atoms with Crippen LogP contribution in [0.5, 0.6) is 0 Å². The Balaban J connectivity index is 2.43. The predicted molar refractivity (Wildman–Crippen MR) is 85.7 cm³/mol. The van der Waals surface area contributed by atoms with Crippen molar-refractivity contribution in [1.82, 2.24) is 4.90 Å². The van der Waals surface area contributed by atoms with Crippen molar-refractivity contribution in [1.29, 1.82) is 0 Å². The molecule has 17 heavy (non-hydrogen) atoms. The van der Waals surface area contributed by atoms with Gasteiger partial charge in [0.1, 0.15) is 0 Å². The minimum atomic E-state index is 0.932. The number of likely N-dealkylation sites (N-methyl/N-ethyl adjacent to an activating group) is 1. The van der Waals surface area contributed by atoms with Crippen LogP contribution in [0.3, 0.4) is 0 Å². The molecule has 1 aliphatic rings. The Morgan fingerprint density at radius 3 is 2.47 bits per heavy atom. The molecular weight excluding hydrogens is 389 g/mol. The molecule has 0 radical (unpaired) electrons. The van der Waals surface area contributed by atoms with Crippen molar-refractivity contribution in [3.8, 4) is 0 Å². The van der Waals surface area contributed by atoms with E-state index in [-0.39, 0.29) is 0 Å². The quantitative estimate of drug-likeness (QED) is 0.633. The van der Waals surface area contributed by atoms with Crippen molar-refractivity contribution in [3.63, 3.8) is 0 Å². The molecular formula is C14H13BrIN. The second-order valence-electron chi connectivity index (χ2n) is 3.76. The summed E-state index contributed by atoms with van der Waals surface area (Å²) < 4.78 is 2.30. The molecule has 0 spiro atoms. The second kappa shape index (κ2) is 5.40. The summed E-state index contributed by atoms with van der Waals surface area (Å²) in [6.07, 6.45) is 4.27. The molecule has 0 N–H and O–H groups in total. The number of nitrogens with zero attached hydrogens (tertiary/aromatic N) is 1. The van der Waals surface area contributed by atoms with Crippen molar-refractivity contribution in [2.75, 3.05) is 6.54 Å². The van der Waals surface area contributed by atoms with E-state index in [0.29, 0.717) is 0 Å². The van der Waals surface area contributed by atoms with Crippen molar-refractivity contribution in [3.05, 3.63) is 62.3 Å². The molecule has 3 heteroatoms. The first-order chi connectivity index (χ1) is 8.13. The van der Waals surface area contributed by atoms with Gasteiger partial charge in [-0.2, -0.15) is 0 Å². The maximum Gasteiger partial charge on any atom is 0.0484 e. The number of hydrogen-bond donors (Lipinski definition) is 0. The molecule has 0 amide bonds. The maximum absolute atomic E-state index is 4.14. The fourth-order valence-corrected chi connectivity index (χ4v) is 2.58. The molecule has 0 aliphatic carbocycles. The Bertz CT molecular complexity index is 499. The summed E-state index contributed by atoms with van der Waals surface area (Å²) in [5.41, 5.74) is 3.51. The average Bonchev–Trinajstić information content (AvgIpc) is 2.34. The van der Waals surface area contributed by atoms with E-state index in [4.69, 9.17) is 0 Å². The standard InChI is InChI=1S/C14H13BrIN/c1-3-17-10(2)13(16)8-9-14(17)11-4-6-12(15)7-5-11/h4-9H,2-3H2,1H3. The molecule has 1 nitrogen and oxygen atoms in total. The molecule has 0 unspecified atom stereocenters. The van der Waals surface area contributed by atoms with Crippen LogP contribution >= 0.6 is 38.5 Å². The number of hydrogen-bond acceptors (Lipinski definition) is 1. The first kappa shape index (κ1) is 12.9. The smallest absolute Gasteiger partial charge is 0.0484 e. The van der Waals surface area contributed by atoms with Gasteiger partial charge in [-0.1, -0.05) is 34.6 Å². The molecule has 0 saturated heterocycles. The van der Waals surface area contributed by atoms with E-state index in [1.807, 2.05) is 0 Å². The lowest BCUT2D eigenvalue weighted by atomic mass is 10.1. The van der Waals surface area contributed by atoms with E-state index in [1.165, 1.54) is 14.8 Å². The van der Waals surface area contributed by atoms with Gasteiger partial charge in [0, 0.05) is 26.0 Å². The van der Waals surface area contributed by atoms with E-state index < -0.39 is 0 Å². The minimum absolute atomic E-state index is 0.932. The molecule has 1 aromatic rings. The van der Waals surface area contributed by atoms with Gasteiger partial charge in [0.15, 0.2) is 0 Å². The molecule has 2 rings (SSSR count). The van der Waals surface area contributed by atoms with E-state index >= 15 is 0 Å². The molecule has 88 valence electrons. The van der Waals surface area contributed by atoms with E-state index in [1.54, 1.807) is 0 Å². The fraction of sp³-hybridized carbons (Fsp3) is 0.143. The van der Waals surface area contributed by atoms with E-state index in [9.17, 15) is 0 Å².